The number of thiophene rings is 1. The summed E-state index contributed by atoms with van der Waals surface area (Å²) in [6, 6.07) is 2.18. The summed E-state index contributed by atoms with van der Waals surface area (Å²) in [4.78, 5) is 17.5. The van der Waals surface area contributed by atoms with Crippen LogP contribution in [-0.2, 0) is 10.2 Å². The fraction of sp³-hybridized carbons (Fsp3) is 0.562. The molecule has 2 aliphatic heterocycles. The summed E-state index contributed by atoms with van der Waals surface area (Å²) in [5, 5.41) is 2.15. The average Bonchev–Trinajstić information content (AvgIpc) is 2.94. The van der Waals surface area contributed by atoms with Gasteiger partial charge in [-0.05, 0) is 38.6 Å². The van der Waals surface area contributed by atoms with E-state index in [1.54, 1.807) is 4.90 Å². The van der Waals surface area contributed by atoms with E-state index in [1.165, 1.54) is 10.6 Å². The standard InChI is InChI=1S/C16H22N2O2S/c1-15(2,3)20-14(19)18-8-6-16(7-9-18)11-17(4)12-5-10-21-13(12)16/h5-6,8,10H,7,9,11H2,1-4H3. The third kappa shape index (κ3) is 2.55. The molecule has 0 aliphatic carbocycles. The highest BCUT2D eigenvalue weighted by molar-refractivity contribution is 7.10. The minimum atomic E-state index is -0.450. The Balaban J connectivity index is 1.78. The van der Waals surface area contributed by atoms with Crippen molar-refractivity contribution in [3.63, 3.8) is 0 Å². The fourth-order valence-electron chi connectivity index (χ4n) is 3.06. The van der Waals surface area contributed by atoms with Gasteiger partial charge in [0, 0.05) is 36.6 Å². The Bertz CT molecular complexity index is 587. The van der Waals surface area contributed by atoms with Crippen molar-refractivity contribution in [1.82, 2.24) is 4.90 Å². The summed E-state index contributed by atoms with van der Waals surface area (Å²) in [5.41, 5.74) is 0.945. The van der Waals surface area contributed by atoms with Crippen molar-refractivity contribution in [3.8, 4) is 0 Å². The molecule has 5 heteroatoms. The number of nitrogens with zero attached hydrogens (tertiary/aromatic N) is 2. The third-order valence-corrected chi connectivity index (χ3v) is 5.15. The topological polar surface area (TPSA) is 32.8 Å². The Morgan fingerprint density at radius 1 is 1.43 bits per heavy atom. The maximum absolute atomic E-state index is 12.1. The largest absolute Gasteiger partial charge is 0.443 e. The van der Waals surface area contributed by atoms with Crippen LogP contribution >= 0.6 is 11.3 Å². The van der Waals surface area contributed by atoms with Gasteiger partial charge in [-0.2, -0.15) is 0 Å². The van der Waals surface area contributed by atoms with E-state index in [0.717, 1.165) is 13.0 Å². The van der Waals surface area contributed by atoms with Gasteiger partial charge in [0.05, 0.1) is 5.69 Å². The summed E-state index contributed by atoms with van der Waals surface area (Å²) in [7, 11) is 2.13. The number of rotatable bonds is 0. The number of hydrogen-bond acceptors (Lipinski definition) is 4. The highest BCUT2D eigenvalue weighted by atomic mass is 32.1. The molecule has 1 amide bonds. The number of ether oxygens (including phenoxy) is 1. The number of carbonyl (C=O) groups excluding carboxylic acids is 1. The van der Waals surface area contributed by atoms with Gasteiger partial charge in [-0.3, -0.25) is 4.90 Å². The highest BCUT2D eigenvalue weighted by Crippen LogP contribution is 2.47. The summed E-state index contributed by atoms with van der Waals surface area (Å²) in [6.45, 7) is 7.38. The first kappa shape index (κ1) is 14.4. The first-order valence-corrected chi connectivity index (χ1v) is 8.17. The normalized spacial score (nSPS) is 24.6. The van der Waals surface area contributed by atoms with Crippen LogP contribution in [0.5, 0.6) is 0 Å². The molecule has 0 saturated carbocycles. The van der Waals surface area contributed by atoms with Crippen LogP contribution in [0, 0.1) is 0 Å². The fourth-order valence-corrected chi connectivity index (χ4v) is 4.21. The van der Waals surface area contributed by atoms with E-state index in [0.29, 0.717) is 6.54 Å². The molecule has 0 aromatic carbocycles. The molecule has 1 atom stereocenters. The number of likely N-dealkylation sites (N-methyl/N-ethyl adjacent to an activating group) is 1. The van der Waals surface area contributed by atoms with Gasteiger partial charge in [0.25, 0.3) is 0 Å². The van der Waals surface area contributed by atoms with Gasteiger partial charge < -0.3 is 9.64 Å². The predicted octanol–water partition coefficient (Wildman–Crippen LogP) is 3.59. The lowest BCUT2D eigenvalue weighted by Crippen LogP contribution is -2.41. The van der Waals surface area contributed by atoms with Crippen molar-refractivity contribution in [3.05, 3.63) is 28.6 Å². The predicted molar refractivity (Wildman–Crippen MR) is 86.0 cm³/mol. The Labute approximate surface area is 130 Å². The zero-order valence-electron chi connectivity index (χ0n) is 13.0. The molecule has 0 saturated heterocycles. The molecule has 0 bridgehead atoms. The van der Waals surface area contributed by atoms with Gasteiger partial charge in [-0.25, -0.2) is 4.79 Å². The number of hydrogen-bond donors (Lipinski definition) is 0. The van der Waals surface area contributed by atoms with Gasteiger partial charge in [0.15, 0.2) is 0 Å². The van der Waals surface area contributed by atoms with Gasteiger partial charge in [0.2, 0.25) is 0 Å². The van der Waals surface area contributed by atoms with E-state index < -0.39 is 5.60 Å². The second kappa shape index (κ2) is 4.77. The molecule has 1 aromatic rings. The monoisotopic (exact) mass is 306 g/mol. The molecule has 0 N–H and O–H groups in total. The van der Waals surface area contributed by atoms with Crippen molar-refractivity contribution in [2.24, 2.45) is 0 Å². The summed E-state index contributed by atoms with van der Waals surface area (Å²) < 4.78 is 5.43. The van der Waals surface area contributed by atoms with Crippen molar-refractivity contribution >= 4 is 23.1 Å². The first-order chi connectivity index (χ1) is 9.81. The molecule has 3 rings (SSSR count). The van der Waals surface area contributed by atoms with Crippen LogP contribution in [0.25, 0.3) is 0 Å². The summed E-state index contributed by atoms with van der Waals surface area (Å²) >= 11 is 1.81. The number of amides is 1. The van der Waals surface area contributed by atoms with Crippen LogP contribution in [0.3, 0.4) is 0 Å². The van der Waals surface area contributed by atoms with Gasteiger partial charge in [-0.1, -0.05) is 6.08 Å². The van der Waals surface area contributed by atoms with Gasteiger partial charge >= 0.3 is 6.09 Å². The van der Waals surface area contributed by atoms with E-state index in [4.69, 9.17) is 4.74 Å². The highest BCUT2D eigenvalue weighted by Gasteiger charge is 2.43. The van der Waals surface area contributed by atoms with Crippen LogP contribution in [0.2, 0.25) is 0 Å². The molecule has 1 aromatic heterocycles. The third-order valence-electron chi connectivity index (χ3n) is 4.03. The van der Waals surface area contributed by atoms with Gasteiger partial charge in [0.1, 0.15) is 5.60 Å². The molecular weight excluding hydrogens is 284 g/mol. The zero-order valence-corrected chi connectivity index (χ0v) is 13.9. The van der Waals surface area contributed by atoms with E-state index in [9.17, 15) is 4.79 Å². The Morgan fingerprint density at radius 3 is 2.81 bits per heavy atom. The quantitative estimate of drug-likeness (QED) is 0.734. The SMILES string of the molecule is CN1CC2(C=CN(C(=O)OC(C)(C)C)CC2)c2sccc21. The van der Waals surface area contributed by atoms with Gasteiger partial charge in [-0.15, -0.1) is 11.3 Å². The smallest absolute Gasteiger partial charge is 0.414 e. The van der Waals surface area contributed by atoms with Crippen LogP contribution in [0.4, 0.5) is 10.5 Å². The number of fused-ring (bicyclic) bond motifs is 2. The van der Waals surface area contributed by atoms with Crippen molar-refractivity contribution in [1.29, 1.82) is 0 Å². The minimum Gasteiger partial charge on any atom is -0.443 e. The van der Waals surface area contributed by atoms with E-state index in [1.807, 2.05) is 38.3 Å². The molecule has 1 unspecified atom stereocenters. The lowest BCUT2D eigenvalue weighted by Gasteiger charge is -2.34. The van der Waals surface area contributed by atoms with E-state index in [2.05, 4.69) is 29.5 Å². The van der Waals surface area contributed by atoms with Crippen molar-refractivity contribution < 1.29 is 9.53 Å². The Morgan fingerprint density at radius 2 is 2.19 bits per heavy atom. The molecule has 3 heterocycles. The molecule has 1 spiro atoms. The maximum Gasteiger partial charge on any atom is 0.414 e. The minimum absolute atomic E-state index is 0.0662. The molecule has 2 aliphatic rings. The lowest BCUT2D eigenvalue weighted by molar-refractivity contribution is 0.0317. The summed E-state index contributed by atoms with van der Waals surface area (Å²) in [6.07, 6.45) is 4.77. The average molecular weight is 306 g/mol. The Hall–Kier alpha value is -1.49. The van der Waals surface area contributed by atoms with E-state index in [-0.39, 0.29) is 11.5 Å². The zero-order chi connectivity index (χ0) is 15.3. The molecular formula is C16H22N2O2S. The number of carbonyl (C=O) groups is 1. The maximum atomic E-state index is 12.1. The van der Waals surface area contributed by atoms with Crippen LogP contribution in [0.15, 0.2) is 23.7 Å². The molecule has 21 heavy (non-hydrogen) atoms. The summed E-state index contributed by atoms with van der Waals surface area (Å²) in [5.74, 6) is 0. The molecule has 0 fully saturated rings. The second-order valence-electron chi connectivity index (χ2n) is 6.89. The second-order valence-corrected chi connectivity index (χ2v) is 7.80. The van der Waals surface area contributed by atoms with Crippen molar-refractivity contribution in [2.75, 3.05) is 25.0 Å². The molecule has 0 radical (unpaired) electrons. The molecule has 114 valence electrons. The first-order valence-electron chi connectivity index (χ1n) is 7.29. The molecule has 4 nitrogen and oxygen atoms in total. The van der Waals surface area contributed by atoms with Crippen LogP contribution in [-0.4, -0.2) is 36.7 Å². The van der Waals surface area contributed by atoms with Crippen LogP contribution < -0.4 is 4.90 Å². The Kier molecular flexibility index (Phi) is 3.28. The lowest BCUT2D eigenvalue weighted by atomic mass is 9.82. The van der Waals surface area contributed by atoms with E-state index >= 15 is 0 Å². The van der Waals surface area contributed by atoms with Crippen LogP contribution in [0.1, 0.15) is 32.1 Å². The van der Waals surface area contributed by atoms with Crippen molar-refractivity contribution in [2.45, 2.75) is 38.2 Å². The number of anilines is 1.